The Morgan fingerprint density at radius 1 is 1.16 bits per heavy atom. The number of rotatable bonds is 8. The molecule has 0 amide bonds. The van der Waals surface area contributed by atoms with E-state index in [0.717, 1.165) is 38.7 Å². The summed E-state index contributed by atoms with van der Waals surface area (Å²) in [7, 11) is 0. The highest BCUT2D eigenvalue weighted by molar-refractivity contribution is 5.35. The molecule has 3 rings (SSSR count). The second-order valence-electron chi connectivity index (χ2n) is 6.84. The molecule has 1 aromatic rings. The predicted molar refractivity (Wildman–Crippen MR) is 86.8 cm³/mol. The Hall–Kier alpha value is -1.55. The number of nitrogens with zero attached hydrogens (tertiary/aromatic N) is 1. The van der Waals surface area contributed by atoms with E-state index in [2.05, 4.69) is 0 Å². The van der Waals surface area contributed by atoms with Crippen molar-refractivity contribution in [3.05, 3.63) is 34.9 Å². The van der Waals surface area contributed by atoms with Gasteiger partial charge in [0.2, 0.25) is 0 Å². The molecule has 1 atom stereocenters. The summed E-state index contributed by atoms with van der Waals surface area (Å²) in [5.41, 5.74) is 0.111. The van der Waals surface area contributed by atoms with Crippen LogP contribution in [0.4, 0.5) is 8.78 Å². The molecule has 0 bridgehead atoms. The van der Waals surface area contributed by atoms with Crippen molar-refractivity contribution >= 4 is 0 Å². The van der Waals surface area contributed by atoms with Gasteiger partial charge in [-0.05, 0) is 62.1 Å². The molecule has 1 aromatic carbocycles. The van der Waals surface area contributed by atoms with E-state index in [1.165, 1.54) is 12.1 Å². The molecule has 1 unspecified atom stereocenters. The van der Waals surface area contributed by atoms with E-state index >= 15 is 0 Å². The molecule has 1 aliphatic carbocycles. The number of epoxide rings is 1. The highest BCUT2D eigenvalue weighted by Crippen LogP contribution is 2.30. The summed E-state index contributed by atoms with van der Waals surface area (Å²) < 4.78 is 43.4. The maximum atomic E-state index is 13.6. The van der Waals surface area contributed by atoms with Gasteiger partial charge in [-0.15, -0.1) is 0 Å². The summed E-state index contributed by atoms with van der Waals surface area (Å²) in [6.07, 6.45) is 6.11. The third-order valence-corrected chi connectivity index (χ3v) is 4.94. The van der Waals surface area contributed by atoms with E-state index in [0.29, 0.717) is 31.3 Å². The molecule has 1 saturated carbocycles. The van der Waals surface area contributed by atoms with Gasteiger partial charge >= 0.3 is 0 Å². The fourth-order valence-electron chi connectivity index (χ4n) is 3.32. The van der Waals surface area contributed by atoms with Crippen LogP contribution in [0.25, 0.3) is 0 Å². The highest BCUT2D eigenvalue weighted by atomic mass is 19.1. The highest BCUT2D eigenvalue weighted by Gasteiger charge is 2.24. The number of hydrogen-bond donors (Lipinski definition) is 0. The van der Waals surface area contributed by atoms with Crippen molar-refractivity contribution < 1.29 is 23.0 Å². The molecular formula is C19H23F2NO3. The Labute approximate surface area is 146 Å². The fraction of sp³-hybridized carbons (Fsp3) is 0.632. The Kier molecular flexibility index (Phi) is 6.35. The fourth-order valence-corrected chi connectivity index (χ4v) is 3.32. The summed E-state index contributed by atoms with van der Waals surface area (Å²) in [6, 6.07) is 4.10. The lowest BCUT2D eigenvalue weighted by Gasteiger charge is -2.28. The van der Waals surface area contributed by atoms with Crippen molar-refractivity contribution in [1.82, 2.24) is 0 Å². The summed E-state index contributed by atoms with van der Waals surface area (Å²) >= 11 is 0. The number of benzene rings is 1. The Morgan fingerprint density at radius 2 is 1.84 bits per heavy atom. The maximum absolute atomic E-state index is 13.6. The molecular weight excluding hydrogens is 328 g/mol. The Morgan fingerprint density at radius 3 is 2.44 bits per heavy atom. The molecule has 6 heteroatoms. The maximum Gasteiger partial charge on any atom is 0.147 e. The zero-order valence-electron chi connectivity index (χ0n) is 14.2. The Balaban J connectivity index is 1.35. The molecule has 25 heavy (non-hydrogen) atoms. The van der Waals surface area contributed by atoms with Gasteiger partial charge in [-0.1, -0.05) is 0 Å². The van der Waals surface area contributed by atoms with Gasteiger partial charge in [0, 0.05) is 0 Å². The van der Waals surface area contributed by atoms with Gasteiger partial charge in [-0.25, -0.2) is 8.78 Å². The third kappa shape index (κ3) is 5.46. The van der Waals surface area contributed by atoms with Gasteiger partial charge in [0.15, 0.2) is 0 Å². The van der Waals surface area contributed by atoms with E-state index in [4.69, 9.17) is 19.5 Å². The van der Waals surface area contributed by atoms with Crippen LogP contribution >= 0.6 is 0 Å². The minimum absolute atomic E-state index is 0.237. The van der Waals surface area contributed by atoms with E-state index in [1.54, 1.807) is 6.07 Å². The molecule has 1 heterocycles. The van der Waals surface area contributed by atoms with Crippen molar-refractivity contribution in [2.75, 3.05) is 20.0 Å². The quantitative estimate of drug-likeness (QED) is 0.407. The predicted octanol–water partition coefficient (Wildman–Crippen LogP) is 3.72. The van der Waals surface area contributed by atoms with Crippen LogP contribution in [-0.2, 0) is 20.6 Å². The second kappa shape index (κ2) is 8.70. The first-order valence-electron chi connectivity index (χ1n) is 8.84. The van der Waals surface area contributed by atoms with Crippen LogP contribution in [0, 0.1) is 28.9 Å². The first kappa shape index (κ1) is 18.2. The Bertz CT molecular complexity index is 597. The lowest BCUT2D eigenvalue weighted by atomic mass is 9.83. The number of aryl methyl sites for hydroxylation is 1. The standard InChI is InChI=1S/C19H23F2NO3/c20-18-7-14(8-19(21)17(18)9-22)2-1-13-3-5-15(6-4-13)25-12-23-10-16-11-24-16/h7-8,13,15-16H,1-6,10-12H2. The zero-order valence-corrected chi connectivity index (χ0v) is 14.2. The van der Waals surface area contributed by atoms with Gasteiger partial charge in [0.1, 0.15) is 36.2 Å². The molecule has 1 saturated heterocycles. The zero-order chi connectivity index (χ0) is 17.6. The first-order chi connectivity index (χ1) is 12.2. The second-order valence-corrected chi connectivity index (χ2v) is 6.84. The monoisotopic (exact) mass is 351 g/mol. The lowest BCUT2D eigenvalue weighted by molar-refractivity contribution is -0.104. The van der Waals surface area contributed by atoms with Crippen LogP contribution in [0.15, 0.2) is 12.1 Å². The molecule has 0 aromatic heterocycles. The van der Waals surface area contributed by atoms with Gasteiger partial charge in [-0.2, -0.15) is 5.26 Å². The van der Waals surface area contributed by atoms with Crippen LogP contribution in [-0.4, -0.2) is 32.2 Å². The molecule has 2 fully saturated rings. The average molecular weight is 351 g/mol. The average Bonchev–Trinajstić information content (AvgIpc) is 3.42. The van der Waals surface area contributed by atoms with Crippen molar-refractivity contribution in [2.24, 2.45) is 5.92 Å². The van der Waals surface area contributed by atoms with Crippen molar-refractivity contribution in [2.45, 2.75) is 50.7 Å². The van der Waals surface area contributed by atoms with Gasteiger partial charge in [0.25, 0.3) is 0 Å². The number of ether oxygens (including phenoxy) is 3. The molecule has 0 spiro atoms. The molecule has 0 N–H and O–H groups in total. The van der Waals surface area contributed by atoms with Gasteiger partial charge in [-0.3, -0.25) is 0 Å². The largest absolute Gasteiger partial charge is 0.371 e. The van der Waals surface area contributed by atoms with Crippen LogP contribution in [0.2, 0.25) is 0 Å². The van der Waals surface area contributed by atoms with Gasteiger partial charge < -0.3 is 14.2 Å². The summed E-state index contributed by atoms with van der Waals surface area (Å²) in [4.78, 5) is 0. The third-order valence-electron chi connectivity index (χ3n) is 4.94. The van der Waals surface area contributed by atoms with Crippen molar-refractivity contribution in [3.63, 3.8) is 0 Å². The van der Waals surface area contributed by atoms with Gasteiger partial charge in [0.05, 0.1) is 19.3 Å². The van der Waals surface area contributed by atoms with Crippen LogP contribution in [0.5, 0.6) is 0 Å². The topological polar surface area (TPSA) is 54.8 Å². The number of halogens is 2. The normalized spacial score (nSPS) is 25.6. The van der Waals surface area contributed by atoms with Crippen molar-refractivity contribution in [3.8, 4) is 6.07 Å². The minimum Gasteiger partial charge on any atom is -0.371 e. The van der Waals surface area contributed by atoms with Crippen LogP contribution in [0.3, 0.4) is 0 Å². The van der Waals surface area contributed by atoms with Crippen LogP contribution in [0.1, 0.15) is 43.2 Å². The minimum atomic E-state index is -0.772. The van der Waals surface area contributed by atoms with E-state index in [1.807, 2.05) is 0 Å². The summed E-state index contributed by atoms with van der Waals surface area (Å²) in [5, 5.41) is 8.70. The molecule has 4 nitrogen and oxygen atoms in total. The smallest absolute Gasteiger partial charge is 0.147 e. The number of nitriles is 1. The SMILES string of the molecule is N#Cc1c(F)cc(CCC2CCC(OCOCC3CO3)CC2)cc1F. The summed E-state index contributed by atoms with van der Waals surface area (Å²) in [6.45, 7) is 1.71. The molecule has 136 valence electrons. The summed E-state index contributed by atoms with van der Waals surface area (Å²) in [5.74, 6) is -1.00. The van der Waals surface area contributed by atoms with E-state index in [9.17, 15) is 8.78 Å². The first-order valence-corrected chi connectivity index (χ1v) is 8.84. The van der Waals surface area contributed by atoms with E-state index in [-0.39, 0.29) is 12.2 Å². The lowest BCUT2D eigenvalue weighted by Crippen LogP contribution is -2.23. The van der Waals surface area contributed by atoms with Crippen LogP contribution < -0.4 is 0 Å². The van der Waals surface area contributed by atoms with E-state index < -0.39 is 17.2 Å². The molecule has 1 aliphatic heterocycles. The number of hydrogen-bond acceptors (Lipinski definition) is 4. The molecule has 2 aliphatic rings. The van der Waals surface area contributed by atoms with Crippen molar-refractivity contribution in [1.29, 1.82) is 5.26 Å². The molecule has 0 radical (unpaired) electrons.